The average Bonchev–Trinajstić information content (AvgIpc) is 2.76. The zero-order valence-corrected chi connectivity index (χ0v) is 15.9. The molecule has 1 heteroatoms. The molecule has 1 heterocycles. The van der Waals surface area contributed by atoms with Gasteiger partial charge in [0, 0.05) is 11.8 Å². The lowest BCUT2D eigenvalue weighted by Gasteiger charge is -2.15. The number of rotatable bonds is 2. The van der Waals surface area contributed by atoms with Crippen molar-refractivity contribution in [1.29, 1.82) is 0 Å². The minimum Gasteiger partial charge on any atom is -0.256 e. The Balaban J connectivity index is 1.51. The summed E-state index contributed by atoms with van der Waals surface area (Å²) in [5, 5.41) is 0. The number of hydrogen-bond donors (Lipinski definition) is 0. The molecule has 0 unspecified atom stereocenters. The summed E-state index contributed by atoms with van der Waals surface area (Å²) in [7, 11) is 0. The van der Waals surface area contributed by atoms with Gasteiger partial charge in [0.2, 0.25) is 0 Å². The molecule has 0 N–H and O–H groups in total. The monoisotopic (exact) mass is 361 g/mol. The second-order valence-corrected chi connectivity index (χ2v) is 7.60. The molecule has 1 aromatic heterocycles. The van der Waals surface area contributed by atoms with E-state index in [2.05, 4.69) is 77.8 Å². The van der Waals surface area contributed by atoms with Crippen LogP contribution in [0.1, 0.15) is 22.3 Å². The van der Waals surface area contributed by atoms with E-state index in [1.54, 1.807) is 0 Å². The molecule has 136 valence electrons. The third-order valence-corrected chi connectivity index (χ3v) is 5.74. The Morgan fingerprint density at radius 3 is 1.89 bits per heavy atom. The molecule has 0 atom stereocenters. The first kappa shape index (κ1) is 16.9. The summed E-state index contributed by atoms with van der Waals surface area (Å²) in [6, 6.07) is 31.1. The number of pyridine rings is 1. The summed E-state index contributed by atoms with van der Waals surface area (Å²) in [4.78, 5) is 4.47. The Labute approximate surface area is 166 Å². The van der Waals surface area contributed by atoms with Crippen LogP contribution in [0, 0.1) is 0 Å². The minimum atomic E-state index is 1.02. The quantitative estimate of drug-likeness (QED) is 0.408. The summed E-state index contributed by atoms with van der Waals surface area (Å²) < 4.78 is 0. The summed E-state index contributed by atoms with van der Waals surface area (Å²) in [5.74, 6) is 0. The molecule has 4 aliphatic rings. The molecule has 4 aliphatic carbocycles. The average molecular weight is 361 g/mol. The van der Waals surface area contributed by atoms with E-state index in [4.69, 9.17) is 0 Å². The molecule has 0 fully saturated rings. The smallest absolute Gasteiger partial charge is 0.0701 e. The van der Waals surface area contributed by atoms with Gasteiger partial charge in [0.1, 0.15) is 0 Å². The van der Waals surface area contributed by atoms with Crippen LogP contribution in [0.25, 0.3) is 22.4 Å². The highest BCUT2D eigenvalue weighted by Gasteiger charge is 2.10. The van der Waals surface area contributed by atoms with Crippen molar-refractivity contribution in [2.24, 2.45) is 0 Å². The van der Waals surface area contributed by atoms with Crippen molar-refractivity contribution < 1.29 is 0 Å². The molecule has 0 spiro atoms. The first-order valence-electron chi connectivity index (χ1n) is 10.1. The van der Waals surface area contributed by atoms with Gasteiger partial charge in [-0.2, -0.15) is 0 Å². The van der Waals surface area contributed by atoms with Crippen molar-refractivity contribution in [2.75, 3.05) is 0 Å². The van der Waals surface area contributed by atoms with E-state index in [1.165, 1.54) is 33.4 Å². The van der Waals surface area contributed by atoms with Crippen molar-refractivity contribution in [3.05, 3.63) is 113 Å². The van der Waals surface area contributed by atoms with E-state index in [9.17, 15) is 0 Å². The molecular weight excluding hydrogens is 338 g/mol. The van der Waals surface area contributed by atoms with Gasteiger partial charge >= 0.3 is 0 Å². The third kappa shape index (κ3) is 3.48. The lowest BCUT2D eigenvalue weighted by molar-refractivity contribution is 0.923. The van der Waals surface area contributed by atoms with E-state index < -0.39 is 0 Å². The molecular formula is C27H23N. The molecule has 0 radical (unpaired) electrons. The summed E-state index contributed by atoms with van der Waals surface area (Å²) in [6.07, 6.45) is 6.17. The van der Waals surface area contributed by atoms with Crippen LogP contribution in [-0.2, 0) is 25.7 Å². The molecule has 1 nitrogen and oxygen atoms in total. The molecule has 4 aromatic rings. The van der Waals surface area contributed by atoms with E-state index in [0.717, 1.165) is 36.9 Å². The lowest BCUT2D eigenvalue weighted by Crippen LogP contribution is -2.00. The highest BCUT2D eigenvalue weighted by molar-refractivity contribution is 5.72. The largest absolute Gasteiger partial charge is 0.256 e. The predicted octanol–water partition coefficient (Wildman–Crippen LogP) is 6.30. The predicted molar refractivity (Wildman–Crippen MR) is 116 cm³/mol. The number of hydrogen-bond acceptors (Lipinski definition) is 1. The van der Waals surface area contributed by atoms with E-state index in [0.29, 0.717) is 0 Å². The van der Waals surface area contributed by atoms with Gasteiger partial charge in [-0.3, -0.25) is 4.98 Å². The Morgan fingerprint density at radius 1 is 0.536 bits per heavy atom. The summed E-state index contributed by atoms with van der Waals surface area (Å²) in [6.45, 7) is 0. The zero-order chi connectivity index (χ0) is 18.8. The van der Waals surface area contributed by atoms with Crippen LogP contribution in [0.4, 0.5) is 0 Å². The van der Waals surface area contributed by atoms with Gasteiger partial charge in [-0.15, -0.1) is 0 Å². The fourth-order valence-corrected chi connectivity index (χ4v) is 4.06. The fourth-order valence-electron chi connectivity index (χ4n) is 4.06. The lowest BCUT2D eigenvalue weighted by atomic mass is 9.90. The molecule has 0 aliphatic heterocycles. The molecule has 0 saturated carbocycles. The summed E-state index contributed by atoms with van der Waals surface area (Å²) >= 11 is 0. The SMILES string of the molecule is c1ccc(-c2ccc(-c3cc4ccc3CCc3ccc(cc3)CC4)cc2)nc1. The van der Waals surface area contributed by atoms with Crippen LogP contribution in [0.3, 0.4) is 0 Å². The molecule has 8 rings (SSSR count). The highest BCUT2D eigenvalue weighted by atomic mass is 14.7. The van der Waals surface area contributed by atoms with Crippen LogP contribution < -0.4 is 0 Å². The second-order valence-electron chi connectivity index (χ2n) is 7.60. The standard InChI is InChI=1S/C27H23N/c1-2-18-28-27(3-1)25-16-14-24(15-17-25)26-19-22-9-8-20-4-6-21(7-5-20)10-12-23(26)13-11-22/h1-7,11,13-19H,8-10,12H2. The van der Waals surface area contributed by atoms with Gasteiger partial charge in [-0.25, -0.2) is 0 Å². The van der Waals surface area contributed by atoms with Gasteiger partial charge < -0.3 is 0 Å². The Hall–Kier alpha value is -3.19. The van der Waals surface area contributed by atoms with Crippen LogP contribution in [0.5, 0.6) is 0 Å². The summed E-state index contributed by atoms with van der Waals surface area (Å²) in [5.41, 5.74) is 10.5. The van der Waals surface area contributed by atoms with Crippen LogP contribution in [0.15, 0.2) is 91.1 Å². The Bertz CT molecular complexity index is 1080. The Kier molecular flexibility index (Phi) is 4.50. The van der Waals surface area contributed by atoms with Gasteiger partial charge in [-0.1, -0.05) is 72.8 Å². The van der Waals surface area contributed by atoms with E-state index in [1.807, 2.05) is 18.3 Å². The van der Waals surface area contributed by atoms with Crippen LogP contribution >= 0.6 is 0 Å². The first-order chi connectivity index (χ1) is 13.8. The van der Waals surface area contributed by atoms with Gasteiger partial charge in [0.25, 0.3) is 0 Å². The van der Waals surface area contributed by atoms with Crippen molar-refractivity contribution in [1.82, 2.24) is 4.98 Å². The number of benzene rings is 3. The van der Waals surface area contributed by atoms with Crippen molar-refractivity contribution in [2.45, 2.75) is 25.7 Å². The molecule has 3 aromatic carbocycles. The topological polar surface area (TPSA) is 12.9 Å². The van der Waals surface area contributed by atoms with Crippen molar-refractivity contribution in [3.8, 4) is 22.4 Å². The van der Waals surface area contributed by atoms with Crippen LogP contribution in [0.2, 0.25) is 0 Å². The molecule has 0 amide bonds. The zero-order valence-electron chi connectivity index (χ0n) is 15.9. The highest BCUT2D eigenvalue weighted by Crippen LogP contribution is 2.29. The number of aromatic nitrogens is 1. The van der Waals surface area contributed by atoms with Crippen molar-refractivity contribution >= 4 is 0 Å². The normalized spacial score (nSPS) is 13.1. The molecule has 0 saturated heterocycles. The maximum Gasteiger partial charge on any atom is 0.0701 e. The minimum absolute atomic E-state index is 1.02. The van der Waals surface area contributed by atoms with Gasteiger partial charge in [0.05, 0.1) is 5.69 Å². The Morgan fingerprint density at radius 2 is 1.18 bits per heavy atom. The van der Waals surface area contributed by atoms with Gasteiger partial charge in [-0.05, 0) is 71.2 Å². The second kappa shape index (κ2) is 7.44. The number of aryl methyl sites for hydroxylation is 4. The first-order valence-corrected chi connectivity index (χ1v) is 10.1. The molecule has 4 bridgehead atoms. The van der Waals surface area contributed by atoms with Gasteiger partial charge in [0.15, 0.2) is 0 Å². The van der Waals surface area contributed by atoms with Crippen LogP contribution in [-0.4, -0.2) is 4.98 Å². The molecule has 28 heavy (non-hydrogen) atoms. The maximum atomic E-state index is 4.47. The van der Waals surface area contributed by atoms with E-state index in [-0.39, 0.29) is 0 Å². The maximum absolute atomic E-state index is 4.47. The van der Waals surface area contributed by atoms with E-state index >= 15 is 0 Å². The third-order valence-electron chi connectivity index (χ3n) is 5.74. The fraction of sp³-hybridized carbons (Fsp3) is 0.148. The number of nitrogens with zero attached hydrogens (tertiary/aromatic N) is 1. The van der Waals surface area contributed by atoms with Crippen molar-refractivity contribution in [3.63, 3.8) is 0 Å².